The van der Waals surface area contributed by atoms with E-state index in [-0.39, 0.29) is 20.3 Å². The van der Waals surface area contributed by atoms with Crippen molar-refractivity contribution in [2.45, 2.75) is 9.79 Å². The number of hydrogen-bond acceptors (Lipinski definition) is 5. The van der Waals surface area contributed by atoms with Gasteiger partial charge in [0.2, 0.25) is 0 Å². The molecular weight excluding hydrogens is 255 g/mol. The molecule has 0 saturated carbocycles. The molecule has 16 heavy (non-hydrogen) atoms. The van der Waals surface area contributed by atoms with Gasteiger partial charge >= 0.3 is 18.9 Å². The SMILES string of the molecule is O=S(=O)(O)c1ccc(O)c(S(=O)(=O)O)c1.[H-].[Li+]. The Morgan fingerprint density at radius 3 is 1.88 bits per heavy atom. The summed E-state index contributed by atoms with van der Waals surface area (Å²) in [6.07, 6.45) is 0. The zero-order chi connectivity index (χ0) is 11.9. The van der Waals surface area contributed by atoms with Crippen LogP contribution in [-0.4, -0.2) is 31.0 Å². The fourth-order valence-electron chi connectivity index (χ4n) is 0.862. The maximum atomic E-state index is 10.7. The van der Waals surface area contributed by atoms with Gasteiger partial charge in [-0.15, -0.1) is 0 Å². The zero-order valence-corrected chi connectivity index (χ0v) is 9.66. The van der Waals surface area contributed by atoms with Crippen molar-refractivity contribution in [3.05, 3.63) is 18.2 Å². The number of phenolic OH excluding ortho intramolecular Hbond substituents is 1. The quantitative estimate of drug-likeness (QED) is 0.382. The molecule has 1 aromatic rings. The summed E-state index contributed by atoms with van der Waals surface area (Å²) >= 11 is 0. The molecule has 0 atom stereocenters. The van der Waals surface area contributed by atoms with Crippen LogP contribution in [0.4, 0.5) is 0 Å². The van der Waals surface area contributed by atoms with Gasteiger partial charge in [-0.3, -0.25) is 9.11 Å². The summed E-state index contributed by atoms with van der Waals surface area (Å²) in [7, 11) is -9.33. The Kier molecular flexibility index (Phi) is 4.58. The van der Waals surface area contributed by atoms with Gasteiger partial charge in [-0.25, -0.2) is 0 Å². The van der Waals surface area contributed by atoms with Gasteiger partial charge in [0.25, 0.3) is 20.2 Å². The molecule has 0 aliphatic rings. The molecule has 1 aromatic carbocycles. The third-order valence-corrected chi connectivity index (χ3v) is 3.24. The normalized spacial score (nSPS) is 11.9. The second kappa shape index (κ2) is 4.75. The molecule has 0 bridgehead atoms. The molecule has 1 rings (SSSR count). The summed E-state index contributed by atoms with van der Waals surface area (Å²) in [5, 5.41) is 9.02. The summed E-state index contributed by atoms with van der Waals surface area (Å²) in [6.45, 7) is 0. The number of hydrogen-bond donors (Lipinski definition) is 3. The van der Waals surface area contributed by atoms with E-state index < -0.39 is 35.8 Å². The maximum Gasteiger partial charge on any atom is 1.00 e. The molecule has 7 nitrogen and oxygen atoms in total. The third-order valence-electron chi connectivity index (χ3n) is 1.51. The van der Waals surface area contributed by atoms with Crippen LogP contribution in [0.25, 0.3) is 0 Å². The van der Waals surface area contributed by atoms with Crippen molar-refractivity contribution in [1.29, 1.82) is 0 Å². The third kappa shape index (κ3) is 3.48. The Labute approximate surface area is 105 Å². The summed E-state index contributed by atoms with van der Waals surface area (Å²) in [5.41, 5.74) is 0. The Hall–Kier alpha value is -0.563. The molecule has 0 spiro atoms. The molecule has 0 aliphatic heterocycles. The van der Waals surface area contributed by atoms with E-state index in [9.17, 15) is 16.8 Å². The molecule has 10 heteroatoms. The van der Waals surface area contributed by atoms with Gasteiger partial charge in [-0.2, -0.15) is 16.8 Å². The number of phenols is 1. The van der Waals surface area contributed by atoms with E-state index in [4.69, 9.17) is 14.2 Å². The van der Waals surface area contributed by atoms with E-state index >= 15 is 0 Å². The van der Waals surface area contributed by atoms with Gasteiger partial charge in [0.15, 0.2) is 0 Å². The van der Waals surface area contributed by atoms with Crippen LogP contribution in [0, 0.1) is 0 Å². The van der Waals surface area contributed by atoms with Crippen molar-refractivity contribution < 1.29 is 51.3 Å². The largest absolute Gasteiger partial charge is 1.00 e. The molecule has 0 saturated heterocycles. The van der Waals surface area contributed by atoms with Crippen LogP contribution < -0.4 is 18.9 Å². The van der Waals surface area contributed by atoms with Gasteiger partial charge in [-0.05, 0) is 18.2 Å². The monoisotopic (exact) mass is 262 g/mol. The molecule has 0 heterocycles. The first kappa shape index (κ1) is 15.4. The summed E-state index contributed by atoms with van der Waals surface area (Å²) < 4.78 is 59.7. The van der Waals surface area contributed by atoms with Crippen molar-refractivity contribution in [3.63, 3.8) is 0 Å². The van der Waals surface area contributed by atoms with Crippen LogP contribution in [0.15, 0.2) is 28.0 Å². The molecule has 3 N–H and O–H groups in total. The predicted octanol–water partition coefficient (Wildman–Crippen LogP) is -3.00. The number of benzene rings is 1. The molecule has 0 unspecified atom stereocenters. The maximum absolute atomic E-state index is 10.7. The zero-order valence-electron chi connectivity index (χ0n) is 9.02. The van der Waals surface area contributed by atoms with Crippen molar-refractivity contribution >= 4 is 20.2 Å². The first-order valence-electron chi connectivity index (χ1n) is 3.40. The van der Waals surface area contributed by atoms with E-state index in [1.165, 1.54) is 0 Å². The van der Waals surface area contributed by atoms with E-state index in [1.54, 1.807) is 0 Å². The van der Waals surface area contributed by atoms with E-state index in [0.717, 1.165) is 12.1 Å². The van der Waals surface area contributed by atoms with Crippen LogP contribution in [0.3, 0.4) is 0 Å². The van der Waals surface area contributed by atoms with Crippen LogP contribution in [0.2, 0.25) is 0 Å². The Morgan fingerprint density at radius 1 is 1.00 bits per heavy atom. The molecule has 86 valence electrons. The second-order valence-electron chi connectivity index (χ2n) is 2.58. The van der Waals surface area contributed by atoms with Crippen LogP contribution >= 0.6 is 0 Å². The molecule has 0 aliphatic carbocycles. The molecule has 0 fully saturated rings. The topological polar surface area (TPSA) is 129 Å². The van der Waals surface area contributed by atoms with Gasteiger partial charge in [0.1, 0.15) is 10.6 Å². The average Bonchev–Trinajstić information content (AvgIpc) is 2.00. The number of rotatable bonds is 2. The van der Waals surface area contributed by atoms with Gasteiger partial charge in [0.05, 0.1) is 4.90 Å². The molecule has 0 amide bonds. The van der Waals surface area contributed by atoms with Crippen LogP contribution in [0.5, 0.6) is 5.75 Å². The Bertz CT molecular complexity index is 595. The van der Waals surface area contributed by atoms with Crippen molar-refractivity contribution in [1.82, 2.24) is 0 Å². The summed E-state index contributed by atoms with van der Waals surface area (Å²) in [6, 6.07) is 1.96. The second-order valence-corrected chi connectivity index (χ2v) is 5.39. The van der Waals surface area contributed by atoms with Crippen LogP contribution in [0.1, 0.15) is 1.43 Å². The van der Waals surface area contributed by atoms with Gasteiger partial charge in [0, 0.05) is 0 Å². The van der Waals surface area contributed by atoms with Crippen molar-refractivity contribution in [3.8, 4) is 5.75 Å². The minimum atomic E-state index is -4.74. The van der Waals surface area contributed by atoms with Crippen molar-refractivity contribution in [2.24, 2.45) is 0 Å². The molecular formula is C6H7LiO7S2. The summed E-state index contributed by atoms with van der Waals surface area (Å²) in [4.78, 5) is -1.73. The fraction of sp³-hybridized carbons (Fsp3) is 0. The van der Waals surface area contributed by atoms with E-state index in [2.05, 4.69) is 0 Å². The average molecular weight is 262 g/mol. The fourth-order valence-corrected chi connectivity index (χ4v) is 2.05. The van der Waals surface area contributed by atoms with E-state index in [1.807, 2.05) is 0 Å². The molecule has 0 aromatic heterocycles. The number of aromatic hydroxyl groups is 1. The Morgan fingerprint density at radius 2 is 1.50 bits per heavy atom. The summed E-state index contributed by atoms with van der Waals surface area (Å²) in [5.74, 6) is -0.815. The van der Waals surface area contributed by atoms with E-state index in [0.29, 0.717) is 6.07 Å². The first-order valence-corrected chi connectivity index (χ1v) is 6.28. The van der Waals surface area contributed by atoms with Crippen LogP contribution in [-0.2, 0) is 20.2 Å². The molecule has 0 radical (unpaired) electrons. The minimum Gasteiger partial charge on any atom is -1.00 e. The van der Waals surface area contributed by atoms with Gasteiger partial charge < -0.3 is 6.53 Å². The van der Waals surface area contributed by atoms with Gasteiger partial charge in [-0.1, -0.05) is 0 Å². The smallest absolute Gasteiger partial charge is 1.00 e. The predicted molar refractivity (Wildman–Crippen MR) is 48.8 cm³/mol. The standard InChI is InChI=1S/C6H6O7S2.Li.H/c7-5-2-1-4(14(8,9)10)3-6(5)15(11,12)13;;/h1-3,7H,(H,8,9,10)(H,11,12,13);;/q;+1;-1. The first-order chi connectivity index (χ1) is 6.62. The minimum absolute atomic E-state index is 0. The Balaban J connectivity index is 0. The van der Waals surface area contributed by atoms with Crippen molar-refractivity contribution in [2.75, 3.05) is 0 Å².